The average Bonchev–Trinajstić information content (AvgIpc) is 3.20. The zero-order chi connectivity index (χ0) is 14.7. The summed E-state index contributed by atoms with van der Waals surface area (Å²) in [7, 11) is 1.45. The van der Waals surface area contributed by atoms with Gasteiger partial charge in [0.2, 0.25) is 0 Å². The Balaban J connectivity index is 2.23. The van der Waals surface area contributed by atoms with E-state index in [2.05, 4.69) is 0 Å². The van der Waals surface area contributed by atoms with E-state index >= 15 is 0 Å². The van der Waals surface area contributed by atoms with Gasteiger partial charge in [-0.3, -0.25) is 9.59 Å². The molecule has 0 unspecified atom stereocenters. The lowest BCUT2D eigenvalue weighted by Gasteiger charge is -2.21. The summed E-state index contributed by atoms with van der Waals surface area (Å²) >= 11 is 0. The summed E-state index contributed by atoms with van der Waals surface area (Å²) in [5, 5.41) is 8.94. The molecule has 1 saturated carbocycles. The highest BCUT2D eigenvalue weighted by molar-refractivity contribution is 5.98. The third-order valence-corrected chi connectivity index (χ3v) is 3.24. The summed E-state index contributed by atoms with van der Waals surface area (Å²) in [6.07, 6.45) is 2.09. The van der Waals surface area contributed by atoms with Gasteiger partial charge in [-0.15, -0.1) is 0 Å². The lowest BCUT2D eigenvalue weighted by molar-refractivity contribution is -0.137. The Morgan fingerprint density at radius 1 is 1.45 bits per heavy atom. The monoisotopic (exact) mass is 278 g/mol. The number of rotatable bonds is 6. The number of benzene rings is 1. The molecule has 2 rings (SSSR count). The van der Waals surface area contributed by atoms with E-state index < -0.39 is 5.97 Å². The van der Waals surface area contributed by atoms with Crippen molar-refractivity contribution in [3.05, 3.63) is 23.8 Å². The third kappa shape index (κ3) is 3.40. The first-order chi connectivity index (χ1) is 9.51. The third-order valence-electron chi connectivity index (χ3n) is 3.24. The molecule has 1 amide bonds. The van der Waals surface area contributed by atoms with E-state index in [0.717, 1.165) is 12.8 Å². The number of carbonyl (C=O) groups excluding carboxylic acids is 1. The van der Waals surface area contributed by atoms with Crippen molar-refractivity contribution in [3.63, 3.8) is 0 Å². The molecular formula is C14H18N2O4. The maximum absolute atomic E-state index is 12.5. The van der Waals surface area contributed by atoms with Crippen LogP contribution in [0.15, 0.2) is 18.2 Å². The molecule has 0 aromatic heterocycles. The number of methoxy groups -OCH3 is 1. The smallest absolute Gasteiger partial charge is 0.323 e. The summed E-state index contributed by atoms with van der Waals surface area (Å²) in [4.78, 5) is 24.7. The van der Waals surface area contributed by atoms with Crippen molar-refractivity contribution in [1.82, 2.24) is 4.90 Å². The van der Waals surface area contributed by atoms with Crippen molar-refractivity contribution >= 4 is 17.6 Å². The average molecular weight is 278 g/mol. The van der Waals surface area contributed by atoms with Crippen LogP contribution in [0.3, 0.4) is 0 Å². The molecule has 1 aliphatic carbocycles. The number of aliphatic carboxylic acids is 1. The first-order valence-corrected chi connectivity index (χ1v) is 6.46. The second-order valence-corrected chi connectivity index (χ2v) is 4.98. The molecule has 0 saturated heterocycles. The minimum atomic E-state index is -1.02. The van der Waals surface area contributed by atoms with E-state index in [9.17, 15) is 9.59 Å². The van der Waals surface area contributed by atoms with Crippen LogP contribution in [0.25, 0.3) is 0 Å². The van der Waals surface area contributed by atoms with E-state index in [1.807, 2.05) is 0 Å². The Morgan fingerprint density at radius 2 is 2.15 bits per heavy atom. The number of carboxylic acids is 1. The topological polar surface area (TPSA) is 92.9 Å². The molecule has 108 valence electrons. The molecule has 20 heavy (non-hydrogen) atoms. The summed E-state index contributed by atoms with van der Waals surface area (Å²) in [5.74, 6) is -0.580. The van der Waals surface area contributed by atoms with Crippen molar-refractivity contribution in [2.24, 2.45) is 5.92 Å². The van der Waals surface area contributed by atoms with Gasteiger partial charge >= 0.3 is 5.97 Å². The summed E-state index contributed by atoms with van der Waals surface area (Å²) < 4.78 is 5.15. The van der Waals surface area contributed by atoms with Gasteiger partial charge in [-0.2, -0.15) is 0 Å². The predicted molar refractivity (Wildman–Crippen MR) is 73.7 cm³/mol. The number of ether oxygens (including phenoxy) is 1. The molecular weight excluding hydrogens is 260 g/mol. The van der Waals surface area contributed by atoms with E-state index in [1.165, 1.54) is 12.0 Å². The highest BCUT2D eigenvalue weighted by Crippen LogP contribution is 2.31. The fraction of sp³-hybridized carbons (Fsp3) is 0.429. The molecule has 0 spiro atoms. The van der Waals surface area contributed by atoms with Crippen LogP contribution in [-0.2, 0) is 4.79 Å². The van der Waals surface area contributed by atoms with Crippen LogP contribution in [-0.4, -0.2) is 42.1 Å². The zero-order valence-corrected chi connectivity index (χ0v) is 11.3. The number of amides is 1. The number of nitrogens with zero attached hydrogens (tertiary/aromatic N) is 1. The molecule has 0 bridgehead atoms. The van der Waals surface area contributed by atoms with Crippen LogP contribution < -0.4 is 10.5 Å². The fourth-order valence-electron chi connectivity index (χ4n) is 2.05. The molecule has 1 fully saturated rings. The van der Waals surface area contributed by atoms with Gasteiger partial charge in [0.15, 0.2) is 0 Å². The van der Waals surface area contributed by atoms with Crippen molar-refractivity contribution in [2.75, 3.05) is 25.9 Å². The van der Waals surface area contributed by atoms with Gasteiger partial charge in [0, 0.05) is 18.3 Å². The lowest BCUT2D eigenvalue weighted by Crippen LogP contribution is -2.37. The van der Waals surface area contributed by atoms with Gasteiger partial charge in [-0.05, 0) is 30.9 Å². The molecule has 1 aromatic rings. The summed E-state index contributed by atoms with van der Waals surface area (Å²) in [6.45, 7) is 0.168. The number of carboxylic acid groups (broad SMARTS) is 1. The highest BCUT2D eigenvalue weighted by Gasteiger charge is 2.29. The normalized spacial score (nSPS) is 13.8. The van der Waals surface area contributed by atoms with Crippen LogP contribution in [0.1, 0.15) is 23.2 Å². The first kappa shape index (κ1) is 14.2. The molecule has 0 aliphatic heterocycles. The molecule has 6 heteroatoms. The van der Waals surface area contributed by atoms with Crippen LogP contribution in [0.5, 0.6) is 5.75 Å². The highest BCUT2D eigenvalue weighted by atomic mass is 16.5. The Hall–Kier alpha value is -2.24. The second kappa shape index (κ2) is 5.81. The molecule has 1 aliphatic rings. The van der Waals surface area contributed by atoms with Crippen molar-refractivity contribution in [1.29, 1.82) is 0 Å². The Morgan fingerprint density at radius 3 is 2.70 bits per heavy atom. The molecule has 6 nitrogen and oxygen atoms in total. The van der Waals surface area contributed by atoms with Crippen LogP contribution >= 0.6 is 0 Å². The Bertz CT molecular complexity index is 526. The quantitative estimate of drug-likeness (QED) is 0.763. The van der Waals surface area contributed by atoms with Crippen molar-refractivity contribution < 1.29 is 19.4 Å². The van der Waals surface area contributed by atoms with Gasteiger partial charge in [-0.1, -0.05) is 0 Å². The number of nitrogens with two attached hydrogens (primary N) is 1. The van der Waals surface area contributed by atoms with Crippen molar-refractivity contribution in [2.45, 2.75) is 12.8 Å². The van der Waals surface area contributed by atoms with Crippen LogP contribution in [0.2, 0.25) is 0 Å². The van der Waals surface area contributed by atoms with E-state index in [-0.39, 0.29) is 12.5 Å². The maximum atomic E-state index is 12.5. The van der Waals surface area contributed by atoms with Gasteiger partial charge in [0.1, 0.15) is 12.3 Å². The van der Waals surface area contributed by atoms with Gasteiger partial charge in [0.05, 0.1) is 12.7 Å². The Labute approximate surface area is 117 Å². The first-order valence-electron chi connectivity index (χ1n) is 6.46. The van der Waals surface area contributed by atoms with Crippen LogP contribution in [0, 0.1) is 5.92 Å². The number of hydrogen-bond acceptors (Lipinski definition) is 4. The Kier molecular flexibility index (Phi) is 4.12. The SMILES string of the molecule is COc1cc(N)ccc1C(=O)N(CC(=O)O)CC1CC1. The number of hydrogen-bond donors (Lipinski definition) is 2. The maximum Gasteiger partial charge on any atom is 0.323 e. The molecule has 3 N–H and O–H groups in total. The van der Waals surface area contributed by atoms with Crippen molar-refractivity contribution in [3.8, 4) is 5.75 Å². The van der Waals surface area contributed by atoms with E-state index in [4.69, 9.17) is 15.6 Å². The predicted octanol–water partition coefficient (Wildman–Crippen LogP) is 1.21. The lowest BCUT2D eigenvalue weighted by atomic mass is 10.1. The van der Waals surface area contributed by atoms with Gasteiger partial charge in [-0.25, -0.2) is 0 Å². The minimum Gasteiger partial charge on any atom is -0.496 e. The van der Waals surface area contributed by atoms with E-state index in [0.29, 0.717) is 29.5 Å². The number of anilines is 1. The molecule has 0 atom stereocenters. The number of carbonyl (C=O) groups is 2. The minimum absolute atomic E-state index is 0.303. The molecule has 1 aromatic carbocycles. The zero-order valence-electron chi connectivity index (χ0n) is 11.3. The fourth-order valence-corrected chi connectivity index (χ4v) is 2.05. The number of nitrogen functional groups attached to an aromatic ring is 1. The molecule has 0 radical (unpaired) electrons. The largest absolute Gasteiger partial charge is 0.496 e. The van der Waals surface area contributed by atoms with E-state index in [1.54, 1.807) is 18.2 Å². The second-order valence-electron chi connectivity index (χ2n) is 4.98. The standard InChI is InChI=1S/C14H18N2O4/c1-20-12-6-10(15)4-5-11(12)14(19)16(8-13(17)18)7-9-2-3-9/h4-6,9H,2-3,7-8,15H2,1H3,(H,17,18). The van der Waals surface area contributed by atoms with Gasteiger partial charge in [0.25, 0.3) is 5.91 Å². The summed E-state index contributed by atoms with van der Waals surface area (Å²) in [6, 6.07) is 4.73. The molecule has 0 heterocycles. The van der Waals surface area contributed by atoms with Crippen LogP contribution in [0.4, 0.5) is 5.69 Å². The van der Waals surface area contributed by atoms with Gasteiger partial charge < -0.3 is 20.5 Å². The summed E-state index contributed by atoms with van der Waals surface area (Å²) in [5.41, 5.74) is 6.48.